The van der Waals surface area contributed by atoms with Gasteiger partial charge in [-0.25, -0.2) is 0 Å². The van der Waals surface area contributed by atoms with Crippen LogP contribution in [0.3, 0.4) is 0 Å². The minimum atomic E-state index is 0.265. The summed E-state index contributed by atoms with van der Waals surface area (Å²) in [6.45, 7) is 4.13. The van der Waals surface area contributed by atoms with Gasteiger partial charge in [0.05, 0.1) is 0 Å². The maximum atomic E-state index is 9.90. The first kappa shape index (κ1) is 12.5. The van der Waals surface area contributed by atoms with E-state index in [-0.39, 0.29) is 5.75 Å². The number of phenols is 2. The van der Waals surface area contributed by atoms with Crippen molar-refractivity contribution in [3.05, 3.63) is 47.5 Å². The fourth-order valence-corrected chi connectivity index (χ4v) is 2.42. The Morgan fingerprint density at radius 1 is 0.889 bits per heavy atom. The van der Waals surface area contributed by atoms with Crippen LogP contribution in [0.2, 0.25) is 0 Å². The van der Waals surface area contributed by atoms with E-state index in [1.807, 2.05) is 25.1 Å². The largest absolute Gasteiger partial charge is 0.508 e. The average molecular weight is 242 g/mol. The van der Waals surface area contributed by atoms with E-state index in [1.165, 1.54) is 0 Å². The quantitative estimate of drug-likeness (QED) is 0.857. The van der Waals surface area contributed by atoms with Crippen molar-refractivity contribution >= 4 is 0 Å². The smallest absolute Gasteiger partial charge is 0.119 e. The molecule has 2 nitrogen and oxygen atoms in total. The lowest BCUT2D eigenvalue weighted by Crippen LogP contribution is -1.95. The Morgan fingerprint density at radius 2 is 1.61 bits per heavy atom. The van der Waals surface area contributed by atoms with Crippen LogP contribution >= 0.6 is 0 Å². The van der Waals surface area contributed by atoms with Crippen molar-refractivity contribution in [1.29, 1.82) is 0 Å². The standard InChI is InChI=1S/C16H18O2/c1-3-13-14(4-2)16(18)9-8-15(13)11-6-5-7-12(17)10-11/h5-10,17-18H,3-4H2,1-2H3. The summed E-state index contributed by atoms with van der Waals surface area (Å²) in [7, 11) is 0. The summed E-state index contributed by atoms with van der Waals surface area (Å²) in [5.74, 6) is 0.624. The molecule has 2 rings (SSSR count). The summed E-state index contributed by atoms with van der Waals surface area (Å²) in [5, 5.41) is 19.5. The first-order valence-corrected chi connectivity index (χ1v) is 6.30. The lowest BCUT2D eigenvalue weighted by atomic mass is 9.92. The molecule has 2 heteroatoms. The molecule has 0 bridgehead atoms. The van der Waals surface area contributed by atoms with Gasteiger partial charge < -0.3 is 10.2 Å². The van der Waals surface area contributed by atoms with Gasteiger partial charge in [-0.3, -0.25) is 0 Å². The van der Waals surface area contributed by atoms with Crippen molar-refractivity contribution in [2.24, 2.45) is 0 Å². The van der Waals surface area contributed by atoms with Crippen LogP contribution in [0.4, 0.5) is 0 Å². The highest BCUT2D eigenvalue weighted by atomic mass is 16.3. The topological polar surface area (TPSA) is 40.5 Å². The molecular formula is C16H18O2. The van der Waals surface area contributed by atoms with Crippen molar-refractivity contribution in [2.75, 3.05) is 0 Å². The highest BCUT2D eigenvalue weighted by molar-refractivity contribution is 5.71. The molecule has 2 aromatic rings. The van der Waals surface area contributed by atoms with Crippen LogP contribution in [0.25, 0.3) is 11.1 Å². The van der Waals surface area contributed by atoms with Crippen molar-refractivity contribution in [3.8, 4) is 22.6 Å². The SMILES string of the molecule is CCc1c(O)ccc(-c2cccc(O)c2)c1CC. The maximum Gasteiger partial charge on any atom is 0.119 e. The summed E-state index contributed by atoms with van der Waals surface area (Å²) < 4.78 is 0. The second-order valence-corrected chi connectivity index (χ2v) is 4.35. The van der Waals surface area contributed by atoms with Gasteiger partial charge in [-0.05, 0) is 53.3 Å². The van der Waals surface area contributed by atoms with E-state index in [2.05, 4.69) is 6.92 Å². The molecule has 0 aromatic heterocycles. The minimum absolute atomic E-state index is 0.265. The molecule has 94 valence electrons. The molecule has 0 unspecified atom stereocenters. The number of hydrogen-bond donors (Lipinski definition) is 2. The van der Waals surface area contributed by atoms with Crippen molar-refractivity contribution in [1.82, 2.24) is 0 Å². The van der Waals surface area contributed by atoms with Crippen molar-refractivity contribution in [2.45, 2.75) is 26.7 Å². The van der Waals surface area contributed by atoms with Gasteiger partial charge >= 0.3 is 0 Å². The van der Waals surface area contributed by atoms with Gasteiger partial charge in [0, 0.05) is 0 Å². The Morgan fingerprint density at radius 3 is 2.22 bits per heavy atom. The molecule has 0 aliphatic heterocycles. The predicted octanol–water partition coefficient (Wildman–Crippen LogP) is 3.89. The first-order valence-electron chi connectivity index (χ1n) is 6.30. The normalized spacial score (nSPS) is 10.6. The third kappa shape index (κ3) is 2.19. The zero-order valence-electron chi connectivity index (χ0n) is 10.8. The molecule has 2 aromatic carbocycles. The third-order valence-electron chi connectivity index (χ3n) is 3.27. The van der Waals surface area contributed by atoms with E-state index < -0.39 is 0 Å². The zero-order chi connectivity index (χ0) is 13.1. The van der Waals surface area contributed by atoms with Gasteiger partial charge in [0.15, 0.2) is 0 Å². The Balaban J connectivity index is 2.64. The van der Waals surface area contributed by atoms with E-state index >= 15 is 0 Å². The Bertz CT molecular complexity index is 559. The van der Waals surface area contributed by atoms with Gasteiger partial charge in [0.1, 0.15) is 11.5 Å². The molecule has 2 N–H and O–H groups in total. The van der Waals surface area contributed by atoms with Crippen LogP contribution in [-0.4, -0.2) is 10.2 Å². The minimum Gasteiger partial charge on any atom is -0.508 e. The number of hydrogen-bond acceptors (Lipinski definition) is 2. The molecule has 0 fully saturated rings. The molecule has 0 heterocycles. The molecule has 0 saturated carbocycles. The van der Waals surface area contributed by atoms with Crippen molar-refractivity contribution < 1.29 is 10.2 Å². The highest BCUT2D eigenvalue weighted by Gasteiger charge is 2.11. The molecule has 0 saturated heterocycles. The molecular weight excluding hydrogens is 224 g/mol. The fourth-order valence-electron chi connectivity index (χ4n) is 2.42. The Kier molecular flexibility index (Phi) is 3.56. The summed E-state index contributed by atoms with van der Waals surface area (Å²) in [4.78, 5) is 0. The van der Waals surface area contributed by atoms with E-state index in [9.17, 15) is 10.2 Å². The first-order chi connectivity index (χ1) is 8.67. The molecule has 18 heavy (non-hydrogen) atoms. The molecule has 0 spiro atoms. The van der Waals surface area contributed by atoms with Crippen LogP contribution < -0.4 is 0 Å². The number of aromatic hydroxyl groups is 2. The number of benzene rings is 2. The Hall–Kier alpha value is -1.96. The number of phenolic OH excluding ortho intramolecular Hbond substituents is 2. The average Bonchev–Trinajstić information content (AvgIpc) is 2.38. The molecule has 0 radical (unpaired) electrons. The number of rotatable bonds is 3. The van der Waals surface area contributed by atoms with Gasteiger partial charge in [-0.15, -0.1) is 0 Å². The predicted molar refractivity (Wildman–Crippen MR) is 74.0 cm³/mol. The molecule has 0 atom stereocenters. The summed E-state index contributed by atoms with van der Waals surface area (Å²) in [6.07, 6.45) is 1.67. The van der Waals surface area contributed by atoms with Crippen LogP contribution in [0.1, 0.15) is 25.0 Å². The second kappa shape index (κ2) is 5.13. The van der Waals surface area contributed by atoms with Crippen LogP contribution in [0.15, 0.2) is 36.4 Å². The Labute approximate surface area is 108 Å². The summed E-state index contributed by atoms with van der Waals surface area (Å²) in [5.41, 5.74) is 4.23. The molecule has 0 amide bonds. The summed E-state index contributed by atoms with van der Waals surface area (Å²) >= 11 is 0. The van der Waals surface area contributed by atoms with E-state index in [0.717, 1.165) is 35.1 Å². The fraction of sp³-hybridized carbons (Fsp3) is 0.250. The van der Waals surface area contributed by atoms with Gasteiger partial charge in [-0.1, -0.05) is 32.0 Å². The zero-order valence-corrected chi connectivity index (χ0v) is 10.8. The lowest BCUT2D eigenvalue weighted by molar-refractivity contribution is 0.468. The monoisotopic (exact) mass is 242 g/mol. The van der Waals surface area contributed by atoms with Crippen LogP contribution in [0.5, 0.6) is 11.5 Å². The van der Waals surface area contributed by atoms with E-state index in [1.54, 1.807) is 18.2 Å². The van der Waals surface area contributed by atoms with Gasteiger partial charge in [0.25, 0.3) is 0 Å². The molecule has 0 aliphatic carbocycles. The maximum absolute atomic E-state index is 9.90. The lowest BCUT2D eigenvalue weighted by Gasteiger charge is -2.14. The van der Waals surface area contributed by atoms with Gasteiger partial charge in [-0.2, -0.15) is 0 Å². The van der Waals surface area contributed by atoms with E-state index in [0.29, 0.717) is 5.75 Å². The van der Waals surface area contributed by atoms with E-state index in [4.69, 9.17) is 0 Å². The van der Waals surface area contributed by atoms with Gasteiger partial charge in [0.2, 0.25) is 0 Å². The third-order valence-corrected chi connectivity index (χ3v) is 3.27. The van der Waals surface area contributed by atoms with Crippen LogP contribution in [0, 0.1) is 0 Å². The second-order valence-electron chi connectivity index (χ2n) is 4.35. The van der Waals surface area contributed by atoms with Crippen molar-refractivity contribution in [3.63, 3.8) is 0 Å². The van der Waals surface area contributed by atoms with Crippen LogP contribution in [-0.2, 0) is 12.8 Å². The molecule has 0 aliphatic rings. The summed E-state index contributed by atoms with van der Waals surface area (Å²) in [6, 6.07) is 10.9. The highest BCUT2D eigenvalue weighted by Crippen LogP contribution is 2.33.